The average Bonchev–Trinajstić information content (AvgIpc) is 2.92. The largest absolute Gasteiger partial charge is 0.349 e. The number of carbonyl (C=O) groups excluding carboxylic acids is 1. The lowest BCUT2D eigenvalue weighted by molar-refractivity contribution is 0.0941. The van der Waals surface area contributed by atoms with Crippen molar-refractivity contribution < 1.29 is 4.79 Å². The van der Waals surface area contributed by atoms with Gasteiger partial charge in [0.15, 0.2) is 0 Å². The Bertz CT molecular complexity index is 662. The van der Waals surface area contributed by atoms with Crippen molar-refractivity contribution in [2.45, 2.75) is 33.2 Å². The van der Waals surface area contributed by atoms with Gasteiger partial charge in [0.2, 0.25) is 0 Å². The van der Waals surface area contributed by atoms with E-state index in [1.165, 1.54) is 0 Å². The van der Waals surface area contributed by atoms with E-state index in [1.54, 1.807) is 10.7 Å². The van der Waals surface area contributed by atoms with Crippen molar-refractivity contribution in [1.82, 2.24) is 25.3 Å². The van der Waals surface area contributed by atoms with Gasteiger partial charge in [-0.25, -0.2) is 0 Å². The van der Waals surface area contributed by atoms with E-state index in [-0.39, 0.29) is 5.91 Å². The van der Waals surface area contributed by atoms with Gasteiger partial charge in [0.1, 0.15) is 5.69 Å². The molecule has 2 aromatic rings. The highest BCUT2D eigenvalue weighted by Gasteiger charge is 2.18. The zero-order valence-corrected chi connectivity index (χ0v) is 13.1. The third-order valence-electron chi connectivity index (χ3n) is 3.29. The zero-order valence-electron chi connectivity index (χ0n) is 13.1. The van der Waals surface area contributed by atoms with Crippen molar-refractivity contribution in [3.05, 3.63) is 23.1 Å². The number of hydrogen-bond acceptors (Lipinski definition) is 4. The quantitative estimate of drug-likeness (QED) is 0.778. The molecule has 0 saturated heterocycles. The van der Waals surface area contributed by atoms with Crippen molar-refractivity contribution in [2.24, 2.45) is 12.8 Å². The van der Waals surface area contributed by atoms with Crippen LogP contribution in [0.3, 0.4) is 0 Å². The summed E-state index contributed by atoms with van der Waals surface area (Å²) in [5.41, 5.74) is 9.38. The second-order valence-electron chi connectivity index (χ2n) is 6.01. The van der Waals surface area contributed by atoms with Gasteiger partial charge in [-0.1, -0.05) is 0 Å². The summed E-state index contributed by atoms with van der Waals surface area (Å²) in [4.78, 5) is 12.1. The molecule has 114 valence electrons. The van der Waals surface area contributed by atoms with Gasteiger partial charge in [-0.3, -0.25) is 14.6 Å². The first-order chi connectivity index (χ1) is 9.69. The second kappa shape index (κ2) is 5.33. The van der Waals surface area contributed by atoms with Crippen LogP contribution in [0, 0.1) is 13.8 Å². The minimum atomic E-state index is -0.449. The van der Waals surface area contributed by atoms with Crippen molar-refractivity contribution in [2.75, 3.05) is 6.54 Å². The highest BCUT2D eigenvalue weighted by Crippen LogP contribution is 2.25. The van der Waals surface area contributed by atoms with E-state index in [9.17, 15) is 4.79 Å². The zero-order chi connectivity index (χ0) is 15.8. The van der Waals surface area contributed by atoms with Crippen LogP contribution < -0.4 is 11.1 Å². The van der Waals surface area contributed by atoms with Crippen LogP contribution in [0.1, 0.15) is 35.7 Å². The summed E-state index contributed by atoms with van der Waals surface area (Å²) in [6.07, 6.45) is 0. The lowest BCUT2D eigenvalue weighted by Gasteiger charge is -2.18. The fraction of sp³-hybridized carbons (Fsp3) is 0.500. The number of nitrogens with two attached hydrogens (primary N) is 1. The number of hydrogen-bond donors (Lipinski definition) is 3. The van der Waals surface area contributed by atoms with Gasteiger partial charge in [-0.2, -0.15) is 10.2 Å². The first kappa shape index (κ1) is 15.2. The van der Waals surface area contributed by atoms with Crippen LogP contribution in [0.5, 0.6) is 0 Å². The maximum Gasteiger partial charge on any atom is 0.269 e. The van der Waals surface area contributed by atoms with Crippen molar-refractivity contribution in [3.63, 3.8) is 0 Å². The minimum absolute atomic E-state index is 0.216. The monoisotopic (exact) mass is 290 g/mol. The molecule has 21 heavy (non-hydrogen) atoms. The standard InChI is InChI=1S/C14H22N6O/c1-8-12(9(2)20(5)19-8)10-6-11(18-17-10)13(21)16-7-14(3,4)15/h6H,7,15H2,1-5H3,(H,16,21)(H,17,18). The first-order valence-electron chi connectivity index (χ1n) is 6.82. The van der Waals surface area contributed by atoms with Gasteiger partial charge in [0.25, 0.3) is 5.91 Å². The Morgan fingerprint density at radius 2 is 2.14 bits per heavy atom. The van der Waals surface area contributed by atoms with Crippen LogP contribution in [0.15, 0.2) is 6.07 Å². The highest BCUT2D eigenvalue weighted by atomic mass is 16.1. The molecule has 1 amide bonds. The molecule has 7 nitrogen and oxygen atoms in total. The summed E-state index contributed by atoms with van der Waals surface area (Å²) < 4.78 is 1.80. The van der Waals surface area contributed by atoms with Crippen LogP contribution >= 0.6 is 0 Å². The number of amides is 1. The molecule has 0 aliphatic carbocycles. The lowest BCUT2D eigenvalue weighted by Crippen LogP contribution is -2.45. The molecule has 7 heteroatoms. The van der Waals surface area contributed by atoms with Gasteiger partial charge >= 0.3 is 0 Å². The topological polar surface area (TPSA) is 102 Å². The van der Waals surface area contributed by atoms with E-state index in [0.717, 1.165) is 22.6 Å². The molecule has 0 saturated carbocycles. The maximum atomic E-state index is 12.1. The fourth-order valence-corrected chi connectivity index (χ4v) is 2.11. The van der Waals surface area contributed by atoms with Crippen LogP contribution in [-0.4, -0.2) is 38.0 Å². The molecule has 0 aliphatic heterocycles. The minimum Gasteiger partial charge on any atom is -0.349 e. The molecule has 0 fully saturated rings. The molecule has 4 N–H and O–H groups in total. The summed E-state index contributed by atoms with van der Waals surface area (Å²) >= 11 is 0. The molecule has 0 radical (unpaired) electrons. The molecule has 0 aromatic carbocycles. The SMILES string of the molecule is Cc1nn(C)c(C)c1-c1cc(C(=O)NCC(C)(C)N)[nH]n1. The molecule has 0 spiro atoms. The Kier molecular flexibility index (Phi) is 3.87. The van der Waals surface area contributed by atoms with Gasteiger partial charge in [-0.05, 0) is 33.8 Å². The first-order valence-corrected chi connectivity index (χ1v) is 6.82. The molecule has 0 atom stereocenters. The number of H-pyrrole nitrogens is 1. The number of aromatic nitrogens is 4. The van der Waals surface area contributed by atoms with Crippen LogP contribution in [0.4, 0.5) is 0 Å². The molecule has 2 aromatic heterocycles. The van der Waals surface area contributed by atoms with E-state index >= 15 is 0 Å². The Balaban J connectivity index is 2.20. The van der Waals surface area contributed by atoms with Crippen molar-refractivity contribution in [1.29, 1.82) is 0 Å². The second-order valence-corrected chi connectivity index (χ2v) is 6.01. The summed E-state index contributed by atoms with van der Waals surface area (Å²) in [6, 6.07) is 1.73. The van der Waals surface area contributed by atoms with E-state index < -0.39 is 5.54 Å². The van der Waals surface area contributed by atoms with Gasteiger partial charge in [0, 0.05) is 30.4 Å². The maximum absolute atomic E-state index is 12.1. The summed E-state index contributed by atoms with van der Waals surface area (Å²) in [7, 11) is 1.88. The van der Waals surface area contributed by atoms with Gasteiger partial charge < -0.3 is 11.1 Å². The Morgan fingerprint density at radius 3 is 2.67 bits per heavy atom. The number of nitrogens with one attached hydrogen (secondary N) is 2. The third kappa shape index (κ3) is 3.30. The lowest BCUT2D eigenvalue weighted by atomic mass is 10.1. The molecule has 0 unspecified atom stereocenters. The Labute approximate surface area is 123 Å². The molecule has 0 bridgehead atoms. The third-order valence-corrected chi connectivity index (χ3v) is 3.29. The van der Waals surface area contributed by atoms with E-state index in [4.69, 9.17) is 5.73 Å². The van der Waals surface area contributed by atoms with Crippen molar-refractivity contribution >= 4 is 5.91 Å². The van der Waals surface area contributed by atoms with Crippen LogP contribution in [0.25, 0.3) is 11.3 Å². The molecule has 2 rings (SSSR count). The van der Waals surface area contributed by atoms with E-state index in [2.05, 4.69) is 20.6 Å². The highest BCUT2D eigenvalue weighted by molar-refractivity contribution is 5.93. The fourth-order valence-electron chi connectivity index (χ4n) is 2.11. The Hall–Kier alpha value is -2.15. The van der Waals surface area contributed by atoms with Crippen LogP contribution in [0.2, 0.25) is 0 Å². The summed E-state index contributed by atoms with van der Waals surface area (Å²) in [5.74, 6) is -0.216. The Morgan fingerprint density at radius 1 is 1.48 bits per heavy atom. The predicted octanol–water partition coefficient (Wildman–Crippen LogP) is 0.894. The summed E-state index contributed by atoms with van der Waals surface area (Å²) in [5, 5.41) is 14.1. The van der Waals surface area contributed by atoms with E-state index in [1.807, 2.05) is 34.7 Å². The predicted molar refractivity (Wildman–Crippen MR) is 80.9 cm³/mol. The number of rotatable bonds is 4. The van der Waals surface area contributed by atoms with E-state index in [0.29, 0.717) is 12.2 Å². The molecule has 0 aliphatic rings. The molecular weight excluding hydrogens is 268 g/mol. The smallest absolute Gasteiger partial charge is 0.269 e. The number of aromatic amines is 1. The normalized spacial score (nSPS) is 11.7. The van der Waals surface area contributed by atoms with Gasteiger partial charge in [0.05, 0.1) is 11.4 Å². The van der Waals surface area contributed by atoms with Gasteiger partial charge in [-0.15, -0.1) is 0 Å². The number of aryl methyl sites for hydroxylation is 2. The average molecular weight is 290 g/mol. The number of carbonyl (C=O) groups is 1. The summed E-state index contributed by atoms with van der Waals surface area (Å²) in [6.45, 7) is 8.00. The molecule has 2 heterocycles. The number of nitrogens with zero attached hydrogens (tertiary/aromatic N) is 3. The van der Waals surface area contributed by atoms with Crippen molar-refractivity contribution in [3.8, 4) is 11.3 Å². The van der Waals surface area contributed by atoms with Crippen LogP contribution in [-0.2, 0) is 7.05 Å². The molecular formula is C14H22N6O.